The number of amides is 1. The molecule has 2 atom stereocenters. The Morgan fingerprint density at radius 3 is 2.60 bits per heavy atom. The topological polar surface area (TPSA) is 97.3 Å². The van der Waals surface area contributed by atoms with E-state index in [9.17, 15) is 14.4 Å². The zero-order valence-electron chi connectivity index (χ0n) is 19.6. The van der Waals surface area contributed by atoms with E-state index in [-0.39, 0.29) is 29.4 Å². The van der Waals surface area contributed by atoms with Gasteiger partial charge in [-0.2, -0.15) is 0 Å². The van der Waals surface area contributed by atoms with Gasteiger partial charge in [-0.3, -0.25) is 19.1 Å². The Morgan fingerprint density at radius 2 is 1.83 bits per heavy atom. The molecule has 0 aliphatic carbocycles. The second-order valence-corrected chi connectivity index (χ2v) is 8.94. The number of likely N-dealkylation sites (tertiary alicyclic amines) is 1. The van der Waals surface area contributed by atoms with Crippen LogP contribution in [-0.4, -0.2) is 51.5 Å². The number of esters is 1. The fourth-order valence-corrected chi connectivity index (χ4v) is 4.84. The van der Waals surface area contributed by atoms with Crippen molar-refractivity contribution in [3.8, 4) is 11.1 Å². The standard InChI is InChI=1S/C27H26N4O4/c1-30-23-13-20(14-28-24(23)29-27(30)34)18-9-6-10-19(11-18)25(32)31-15-21(17-7-4-3-5-8-17)12-22(16-31)26(33)35-2/h3-11,13-14,21-22H,12,15-16H2,1-2H3,(H,28,29,34). The Labute approximate surface area is 202 Å². The van der Waals surface area contributed by atoms with E-state index in [0.717, 1.165) is 16.7 Å². The molecule has 5 rings (SSSR count). The maximum atomic E-state index is 13.6. The predicted octanol–water partition coefficient (Wildman–Crippen LogP) is 3.35. The van der Waals surface area contributed by atoms with Gasteiger partial charge in [-0.05, 0) is 35.7 Å². The van der Waals surface area contributed by atoms with Crippen molar-refractivity contribution in [1.29, 1.82) is 0 Å². The van der Waals surface area contributed by atoms with Gasteiger partial charge in [0.2, 0.25) is 0 Å². The van der Waals surface area contributed by atoms with E-state index in [4.69, 9.17) is 4.74 Å². The van der Waals surface area contributed by atoms with E-state index in [1.165, 1.54) is 11.7 Å². The van der Waals surface area contributed by atoms with Crippen molar-refractivity contribution < 1.29 is 14.3 Å². The summed E-state index contributed by atoms with van der Waals surface area (Å²) in [6.45, 7) is 0.845. The van der Waals surface area contributed by atoms with Gasteiger partial charge in [0.25, 0.3) is 5.91 Å². The number of nitrogens with zero attached hydrogens (tertiary/aromatic N) is 3. The molecule has 35 heavy (non-hydrogen) atoms. The van der Waals surface area contributed by atoms with E-state index in [1.807, 2.05) is 54.6 Å². The molecule has 3 heterocycles. The third-order valence-corrected chi connectivity index (χ3v) is 6.75. The quantitative estimate of drug-likeness (QED) is 0.462. The van der Waals surface area contributed by atoms with Gasteiger partial charge in [0, 0.05) is 43.4 Å². The van der Waals surface area contributed by atoms with E-state index in [1.54, 1.807) is 24.2 Å². The lowest BCUT2D eigenvalue weighted by Crippen LogP contribution is -2.45. The Balaban J connectivity index is 1.45. The minimum atomic E-state index is -0.382. The molecule has 4 aromatic rings. The Kier molecular flexibility index (Phi) is 5.94. The number of imidazole rings is 1. The lowest BCUT2D eigenvalue weighted by atomic mass is 9.84. The summed E-state index contributed by atoms with van der Waals surface area (Å²) >= 11 is 0. The monoisotopic (exact) mass is 470 g/mol. The first-order chi connectivity index (χ1) is 16.9. The van der Waals surface area contributed by atoms with Crippen LogP contribution in [0.1, 0.15) is 28.3 Å². The molecule has 2 aromatic heterocycles. The SMILES string of the molecule is COC(=O)C1CC(c2ccccc2)CN(C(=O)c2cccc(-c3cnc4[nH]c(=O)n(C)c4c3)c2)C1. The number of benzene rings is 2. The highest BCUT2D eigenvalue weighted by Gasteiger charge is 2.35. The number of methoxy groups -OCH3 is 1. The summed E-state index contributed by atoms with van der Waals surface area (Å²) in [4.78, 5) is 46.8. The second-order valence-electron chi connectivity index (χ2n) is 8.94. The molecule has 2 unspecified atom stereocenters. The van der Waals surface area contributed by atoms with Gasteiger partial charge < -0.3 is 9.64 Å². The molecule has 2 aromatic carbocycles. The molecule has 0 spiro atoms. The maximum absolute atomic E-state index is 13.6. The van der Waals surface area contributed by atoms with Gasteiger partial charge >= 0.3 is 11.7 Å². The summed E-state index contributed by atoms with van der Waals surface area (Å²) < 4.78 is 6.53. The van der Waals surface area contributed by atoms with Gasteiger partial charge in [-0.25, -0.2) is 9.78 Å². The summed E-state index contributed by atoms with van der Waals surface area (Å²) in [5.74, 6) is -0.770. The number of aryl methyl sites for hydroxylation is 1. The molecule has 0 radical (unpaired) electrons. The first-order valence-electron chi connectivity index (χ1n) is 11.5. The molecule has 0 saturated carbocycles. The Hall–Kier alpha value is -4.20. The van der Waals surface area contributed by atoms with Crippen LogP contribution < -0.4 is 5.69 Å². The average Bonchev–Trinajstić information content (AvgIpc) is 3.20. The van der Waals surface area contributed by atoms with Gasteiger partial charge in [-0.1, -0.05) is 42.5 Å². The number of carbonyl (C=O) groups excluding carboxylic acids is 2. The highest BCUT2D eigenvalue weighted by atomic mass is 16.5. The Morgan fingerprint density at radius 1 is 1.03 bits per heavy atom. The second kappa shape index (κ2) is 9.21. The van der Waals surface area contributed by atoms with E-state index in [2.05, 4.69) is 9.97 Å². The molecular formula is C27H26N4O4. The van der Waals surface area contributed by atoms with Crippen LogP contribution in [0, 0.1) is 5.92 Å². The van der Waals surface area contributed by atoms with Crippen molar-refractivity contribution in [3.05, 3.63) is 88.5 Å². The summed E-state index contributed by atoms with van der Waals surface area (Å²) in [5.41, 5.74) is 4.23. The molecule has 8 heteroatoms. The number of aromatic nitrogens is 3. The van der Waals surface area contributed by atoms with Crippen molar-refractivity contribution >= 4 is 23.0 Å². The fourth-order valence-electron chi connectivity index (χ4n) is 4.84. The molecule has 1 aliphatic heterocycles. The van der Waals surface area contributed by atoms with E-state index in [0.29, 0.717) is 36.2 Å². The molecule has 8 nitrogen and oxygen atoms in total. The molecular weight excluding hydrogens is 444 g/mol. The van der Waals surface area contributed by atoms with Gasteiger partial charge in [0.1, 0.15) is 0 Å². The molecule has 1 fully saturated rings. The normalized spacial score (nSPS) is 17.9. The third-order valence-electron chi connectivity index (χ3n) is 6.75. The minimum absolute atomic E-state index is 0.0441. The summed E-state index contributed by atoms with van der Waals surface area (Å²) in [5, 5.41) is 0. The number of nitrogens with one attached hydrogen (secondary N) is 1. The van der Waals surface area contributed by atoms with Crippen LogP contribution in [0.3, 0.4) is 0 Å². The zero-order chi connectivity index (χ0) is 24.5. The van der Waals surface area contributed by atoms with Crippen molar-refractivity contribution in [1.82, 2.24) is 19.4 Å². The molecule has 1 amide bonds. The number of aromatic amines is 1. The molecule has 0 bridgehead atoms. The van der Waals surface area contributed by atoms with E-state index < -0.39 is 0 Å². The minimum Gasteiger partial charge on any atom is -0.469 e. The first kappa shape index (κ1) is 22.6. The van der Waals surface area contributed by atoms with Crippen LogP contribution in [0.5, 0.6) is 0 Å². The van der Waals surface area contributed by atoms with Gasteiger partial charge in [0.05, 0.1) is 18.5 Å². The largest absolute Gasteiger partial charge is 0.469 e. The fraction of sp³-hybridized carbons (Fsp3) is 0.259. The zero-order valence-corrected chi connectivity index (χ0v) is 19.6. The number of hydrogen-bond acceptors (Lipinski definition) is 5. The van der Waals surface area contributed by atoms with Crippen LogP contribution in [0.15, 0.2) is 71.7 Å². The van der Waals surface area contributed by atoms with Crippen molar-refractivity contribution in [2.24, 2.45) is 13.0 Å². The predicted molar refractivity (Wildman–Crippen MR) is 132 cm³/mol. The lowest BCUT2D eigenvalue weighted by molar-refractivity contribution is -0.147. The summed E-state index contributed by atoms with van der Waals surface area (Å²) in [7, 11) is 3.07. The molecule has 1 N–H and O–H groups in total. The van der Waals surface area contributed by atoms with Crippen molar-refractivity contribution in [2.75, 3.05) is 20.2 Å². The summed E-state index contributed by atoms with van der Waals surface area (Å²) in [6, 6.07) is 19.2. The summed E-state index contributed by atoms with van der Waals surface area (Å²) in [6.07, 6.45) is 2.32. The number of H-pyrrole nitrogens is 1. The first-order valence-corrected chi connectivity index (χ1v) is 11.5. The number of ether oxygens (including phenoxy) is 1. The van der Waals surface area contributed by atoms with E-state index >= 15 is 0 Å². The number of piperidine rings is 1. The van der Waals surface area contributed by atoms with Crippen LogP contribution >= 0.6 is 0 Å². The van der Waals surface area contributed by atoms with Crippen LogP contribution in [0.25, 0.3) is 22.3 Å². The molecule has 178 valence electrons. The van der Waals surface area contributed by atoms with Crippen molar-refractivity contribution in [2.45, 2.75) is 12.3 Å². The van der Waals surface area contributed by atoms with Crippen molar-refractivity contribution in [3.63, 3.8) is 0 Å². The van der Waals surface area contributed by atoms with Crippen LogP contribution in [-0.2, 0) is 16.6 Å². The number of hydrogen-bond donors (Lipinski definition) is 1. The third kappa shape index (κ3) is 4.35. The number of fused-ring (bicyclic) bond motifs is 1. The Bertz CT molecular complexity index is 1460. The lowest BCUT2D eigenvalue weighted by Gasteiger charge is -2.37. The number of pyridine rings is 1. The maximum Gasteiger partial charge on any atom is 0.327 e. The smallest absolute Gasteiger partial charge is 0.327 e. The highest BCUT2D eigenvalue weighted by molar-refractivity contribution is 5.96. The highest BCUT2D eigenvalue weighted by Crippen LogP contribution is 2.32. The number of carbonyl (C=O) groups is 2. The van der Waals surface area contributed by atoms with Crippen LogP contribution in [0.2, 0.25) is 0 Å². The average molecular weight is 471 g/mol. The van der Waals surface area contributed by atoms with Gasteiger partial charge in [0.15, 0.2) is 5.65 Å². The number of rotatable bonds is 4. The van der Waals surface area contributed by atoms with Crippen LogP contribution in [0.4, 0.5) is 0 Å². The molecule has 1 saturated heterocycles. The molecule has 1 aliphatic rings. The van der Waals surface area contributed by atoms with Gasteiger partial charge in [-0.15, -0.1) is 0 Å².